The number of pyridine rings is 1. The van der Waals surface area contributed by atoms with Gasteiger partial charge in [0.1, 0.15) is 11.4 Å². The second-order valence-electron chi connectivity index (χ2n) is 10.1. The Labute approximate surface area is 225 Å². The van der Waals surface area contributed by atoms with Crippen LogP contribution in [0.4, 0.5) is 21.7 Å². The van der Waals surface area contributed by atoms with E-state index in [1.54, 1.807) is 50.1 Å². The summed E-state index contributed by atoms with van der Waals surface area (Å²) in [6.45, 7) is 8.46. The summed E-state index contributed by atoms with van der Waals surface area (Å²) >= 11 is 0. The molecule has 0 saturated heterocycles. The fourth-order valence-corrected chi connectivity index (χ4v) is 4.15. The van der Waals surface area contributed by atoms with Gasteiger partial charge < -0.3 is 21.1 Å². The SMILES string of the molecule is CCn1ncc2cc(Nc3nc(N[C@@H](CCC(=O)OC(C)(C)C)Cn4cccn4)c(F)cc3C(N)=O)ccc21. The van der Waals surface area contributed by atoms with Gasteiger partial charge in [-0.2, -0.15) is 10.2 Å². The molecule has 0 aliphatic rings. The third kappa shape index (κ3) is 7.09. The summed E-state index contributed by atoms with van der Waals surface area (Å²) in [6.07, 6.45) is 5.58. The molecule has 0 aliphatic heterocycles. The van der Waals surface area contributed by atoms with E-state index in [2.05, 4.69) is 25.8 Å². The molecule has 4 rings (SSSR count). The number of anilines is 3. The maximum absolute atomic E-state index is 15.2. The largest absolute Gasteiger partial charge is 0.460 e. The number of carbonyl (C=O) groups is 2. The maximum atomic E-state index is 15.2. The maximum Gasteiger partial charge on any atom is 0.306 e. The fraction of sp³-hybridized carbons (Fsp3) is 0.370. The third-order valence-electron chi connectivity index (χ3n) is 5.87. The first-order valence-corrected chi connectivity index (χ1v) is 12.7. The predicted octanol–water partition coefficient (Wildman–Crippen LogP) is 4.23. The normalized spacial score (nSPS) is 12.3. The number of benzene rings is 1. The van der Waals surface area contributed by atoms with Crippen LogP contribution >= 0.6 is 0 Å². The molecule has 39 heavy (non-hydrogen) atoms. The van der Waals surface area contributed by atoms with Crippen LogP contribution in [0.25, 0.3) is 10.9 Å². The molecule has 11 nitrogen and oxygen atoms in total. The van der Waals surface area contributed by atoms with E-state index in [9.17, 15) is 9.59 Å². The van der Waals surface area contributed by atoms with Crippen LogP contribution in [0.15, 0.2) is 48.9 Å². The predicted molar refractivity (Wildman–Crippen MR) is 146 cm³/mol. The summed E-state index contributed by atoms with van der Waals surface area (Å²) in [5.41, 5.74) is 6.42. The van der Waals surface area contributed by atoms with Crippen molar-refractivity contribution in [3.8, 4) is 0 Å². The Bertz CT molecular complexity index is 1460. The van der Waals surface area contributed by atoms with Gasteiger partial charge in [0, 0.05) is 42.5 Å². The first-order chi connectivity index (χ1) is 18.5. The van der Waals surface area contributed by atoms with Crippen LogP contribution in [0.1, 0.15) is 50.9 Å². The van der Waals surface area contributed by atoms with Gasteiger partial charge in [0.05, 0.1) is 23.8 Å². The molecule has 1 aromatic carbocycles. The summed E-state index contributed by atoms with van der Waals surface area (Å²) in [4.78, 5) is 28.9. The number of aromatic nitrogens is 5. The zero-order valence-electron chi connectivity index (χ0n) is 22.4. The van der Waals surface area contributed by atoms with Crippen LogP contribution in [0.2, 0.25) is 0 Å². The monoisotopic (exact) mass is 536 g/mol. The Morgan fingerprint density at radius 1 is 1.18 bits per heavy atom. The standard InChI is InChI=1S/C27H33FN8O3/c1-5-36-22-9-7-18(13-17(22)15-31-36)32-25-20(24(29)38)14-21(28)26(34-25)33-19(16-35-12-6-11-30-35)8-10-23(37)39-27(2,3)4/h6-7,9,11-15,19H,5,8,10,16H2,1-4H3,(H2,29,38)(H2,32,33,34)/t19-/m0/s1. The minimum atomic E-state index is -0.826. The molecule has 0 fully saturated rings. The molecule has 12 heteroatoms. The van der Waals surface area contributed by atoms with Crippen LogP contribution in [-0.4, -0.2) is 48.1 Å². The van der Waals surface area contributed by atoms with E-state index < -0.39 is 23.4 Å². The molecular weight excluding hydrogens is 503 g/mol. The van der Waals surface area contributed by atoms with Crippen molar-refractivity contribution in [3.63, 3.8) is 0 Å². The van der Waals surface area contributed by atoms with E-state index >= 15 is 4.39 Å². The molecule has 3 heterocycles. The number of esters is 1. The van der Waals surface area contributed by atoms with Crippen molar-refractivity contribution in [3.05, 3.63) is 60.3 Å². The topological polar surface area (TPSA) is 142 Å². The highest BCUT2D eigenvalue weighted by Crippen LogP contribution is 2.27. The summed E-state index contributed by atoms with van der Waals surface area (Å²) < 4.78 is 24.1. The van der Waals surface area contributed by atoms with E-state index in [1.165, 1.54) is 0 Å². The Hall–Kier alpha value is -4.48. The van der Waals surface area contributed by atoms with Gasteiger partial charge in [-0.1, -0.05) is 0 Å². The van der Waals surface area contributed by atoms with Crippen molar-refractivity contribution in [1.29, 1.82) is 0 Å². The van der Waals surface area contributed by atoms with Crippen molar-refractivity contribution < 1.29 is 18.7 Å². The molecule has 206 valence electrons. The zero-order valence-corrected chi connectivity index (χ0v) is 22.4. The number of amides is 1. The first kappa shape index (κ1) is 27.6. The number of ether oxygens (including phenoxy) is 1. The number of hydrogen-bond donors (Lipinski definition) is 3. The first-order valence-electron chi connectivity index (χ1n) is 12.7. The minimum Gasteiger partial charge on any atom is -0.460 e. The lowest BCUT2D eigenvalue weighted by atomic mass is 10.1. The Kier molecular flexibility index (Phi) is 8.12. The highest BCUT2D eigenvalue weighted by molar-refractivity contribution is 5.99. The van der Waals surface area contributed by atoms with Gasteiger partial charge in [-0.3, -0.25) is 19.0 Å². The number of nitrogens with two attached hydrogens (primary N) is 1. The van der Waals surface area contributed by atoms with Crippen molar-refractivity contribution in [1.82, 2.24) is 24.5 Å². The molecule has 0 spiro atoms. The van der Waals surface area contributed by atoms with E-state index in [0.717, 1.165) is 23.5 Å². The summed E-state index contributed by atoms with van der Waals surface area (Å²) in [7, 11) is 0. The summed E-state index contributed by atoms with van der Waals surface area (Å²) in [5.74, 6) is -1.94. The molecule has 0 aliphatic carbocycles. The van der Waals surface area contributed by atoms with Crippen LogP contribution in [-0.2, 0) is 22.6 Å². The van der Waals surface area contributed by atoms with E-state index in [-0.39, 0.29) is 29.6 Å². The number of hydrogen-bond acceptors (Lipinski definition) is 8. The molecular formula is C27H33FN8O3. The van der Waals surface area contributed by atoms with Crippen LogP contribution in [0, 0.1) is 5.82 Å². The number of halogens is 1. The average molecular weight is 537 g/mol. The molecule has 0 bridgehead atoms. The fourth-order valence-electron chi connectivity index (χ4n) is 4.15. The van der Waals surface area contributed by atoms with Gasteiger partial charge in [-0.25, -0.2) is 9.37 Å². The molecule has 4 N–H and O–H groups in total. The lowest BCUT2D eigenvalue weighted by Crippen LogP contribution is -2.30. The summed E-state index contributed by atoms with van der Waals surface area (Å²) in [5, 5.41) is 15.6. The smallest absolute Gasteiger partial charge is 0.306 e. The number of nitrogens with zero attached hydrogens (tertiary/aromatic N) is 5. The van der Waals surface area contributed by atoms with Gasteiger partial charge in [-0.15, -0.1) is 0 Å². The second-order valence-corrected chi connectivity index (χ2v) is 10.1. The van der Waals surface area contributed by atoms with Gasteiger partial charge in [0.25, 0.3) is 5.91 Å². The van der Waals surface area contributed by atoms with Crippen molar-refractivity contribution in [2.24, 2.45) is 5.73 Å². The highest BCUT2D eigenvalue weighted by atomic mass is 19.1. The minimum absolute atomic E-state index is 0.0938. The van der Waals surface area contributed by atoms with Gasteiger partial charge >= 0.3 is 5.97 Å². The van der Waals surface area contributed by atoms with Gasteiger partial charge in [0.15, 0.2) is 11.6 Å². The molecule has 1 amide bonds. The number of carbonyl (C=O) groups excluding carboxylic acids is 2. The third-order valence-corrected chi connectivity index (χ3v) is 5.87. The summed E-state index contributed by atoms with van der Waals surface area (Å²) in [6, 6.07) is 7.97. The van der Waals surface area contributed by atoms with Crippen LogP contribution in [0.3, 0.4) is 0 Å². The number of nitrogens with one attached hydrogen (secondary N) is 2. The van der Waals surface area contributed by atoms with E-state index in [0.29, 0.717) is 18.7 Å². The Morgan fingerprint density at radius 3 is 2.64 bits per heavy atom. The van der Waals surface area contributed by atoms with Gasteiger partial charge in [-0.05, 0) is 64.4 Å². The lowest BCUT2D eigenvalue weighted by molar-refractivity contribution is -0.155. The lowest BCUT2D eigenvalue weighted by Gasteiger charge is -2.23. The van der Waals surface area contributed by atoms with E-state index in [4.69, 9.17) is 10.5 Å². The molecule has 1 atom stereocenters. The highest BCUT2D eigenvalue weighted by Gasteiger charge is 2.22. The zero-order chi connectivity index (χ0) is 28.2. The molecule has 0 saturated carbocycles. The number of aryl methyl sites for hydroxylation is 1. The van der Waals surface area contributed by atoms with Crippen LogP contribution < -0.4 is 16.4 Å². The number of primary amides is 1. The van der Waals surface area contributed by atoms with Crippen molar-refractivity contribution in [2.75, 3.05) is 10.6 Å². The molecule has 0 radical (unpaired) electrons. The van der Waals surface area contributed by atoms with Crippen molar-refractivity contribution >= 4 is 40.1 Å². The second kappa shape index (κ2) is 11.5. The van der Waals surface area contributed by atoms with Gasteiger partial charge in [0.2, 0.25) is 0 Å². The molecule has 0 unspecified atom stereocenters. The Balaban J connectivity index is 1.59. The number of rotatable bonds is 11. The van der Waals surface area contributed by atoms with E-state index in [1.807, 2.05) is 29.8 Å². The molecule has 4 aromatic rings. The number of fused-ring (bicyclic) bond motifs is 1. The molecule has 3 aromatic heterocycles. The van der Waals surface area contributed by atoms with Crippen LogP contribution in [0.5, 0.6) is 0 Å². The van der Waals surface area contributed by atoms with Crippen molar-refractivity contribution in [2.45, 2.75) is 65.3 Å². The average Bonchev–Trinajstić information content (AvgIpc) is 3.52. The quantitative estimate of drug-likeness (QED) is 0.242. The Morgan fingerprint density at radius 2 is 1.97 bits per heavy atom.